The summed E-state index contributed by atoms with van der Waals surface area (Å²) in [7, 11) is -24.1. The molecule has 0 aromatic heterocycles. The van der Waals surface area contributed by atoms with Crippen molar-refractivity contribution in [1.82, 2.24) is 0 Å². The molecule has 10 atom stereocenters. The molecule has 0 aliphatic carbocycles. The first-order valence-electron chi connectivity index (χ1n) is 7.86. The minimum atomic E-state index is -6.36. The van der Waals surface area contributed by atoms with E-state index in [1.54, 1.807) is 0 Å². The Bertz CT molecular complexity index is 858. The minimum absolute atomic E-state index is 0. The standard InChI is InChI=1S/C9H18O19P4.2Y/c10-4-1-22-6(7(4)12)3-24-29(14,15)26-31(18,19)28-32(20,21)27-30(16,17)25-9-8(13)5(11)2-23-9;;/h1-2,4-13H,3H2,(H,14,15)(H,16,17)(H,18,19)(H,20,21);;/q-2;;/p-2/t4?,5?,6-,7-,8?,9-;;/m1../s1. The Kier molecular flexibility index (Phi) is 15.3. The molecule has 2 aliphatic rings. The van der Waals surface area contributed by atoms with Crippen LogP contribution in [-0.4, -0.2) is 73.6 Å². The van der Waals surface area contributed by atoms with Gasteiger partial charge in [-0.3, -0.25) is 18.2 Å². The fourth-order valence-corrected chi connectivity index (χ4v) is 6.91. The van der Waals surface area contributed by atoms with E-state index in [-0.39, 0.29) is 65.4 Å². The van der Waals surface area contributed by atoms with Gasteiger partial charge in [-0.05, 0) is 12.2 Å². The van der Waals surface area contributed by atoms with Gasteiger partial charge in [-0.15, -0.1) is 0 Å². The molecule has 2 aliphatic heterocycles. The van der Waals surface area contributed by atoms with E-state index in [1.165, 1.54) is 0 Å². The van der Waals surface area contributed by atoms with Crippen LogP contribution in [0.1, 0.15) is 0 Å². The van der Waals surface area contributed by atoms with E-state index in [0.717, 1.165) is 6.61 Å². The molecule has 2 rings (SSSR count). The number of rotatable bonds is 11. The zero-order valence-electron chi connectivity index (χ0n) is 16.3. The van der Waals surface area contributed by atoms with E-state index in [1.807, 2.05) is 0 Å². The van der Waals surface area contributed by atoms with Gasteiger partial charge >= 0.3 is 15.6 Å². The number of hydrogen-bond donors (Lipinski definition) is 6. The summed E-state index contributed by atoms with van der Waals surface area (Å²) in [5.41, 5.74) is 0. The molecule has 0 aromatic rings. The first-order valence-corrected chi connectivity index (χ1v) is 13.8. The summed E-state index contributed by atoms with van der Waals surface area (Å²) in [5.74, 6) is 0. The third-order valence-electron chi connectivity index (χ3n) is 3.35. The van der Waals surface area contributed by atoms with E-state index < -0.39 is 74.7 Å². The smallest absolute Gasteiger partial charge is 0.481 e. The molecule has 34 heavy (non-hydrogen) atoms. The van der Waals surface area contributed by atoms with Gasteiger partial charge in [0.2, 0.25) is 0 Å². The summed E-state index contributed by atoms with van der Waals surface area (Å²) in [6, 6.07) is 0. The Labute approximate surface area is 241 Å². The molecule has 2 saturated heterocycles. The Balaban J connectivity index is 0.00000544. The molecule has 0 saturated carbocycles. The zero-order valence-corrected chi connectivity index (χ0v) is 25.5. The van der Waals surface area contributed by atoms with Gasteiger partial charge in [-0.25, -0.2) is 22.1 Å². The summed E-state index contributed by atoms with van der Waals surface area (Å²) in [6.07, 6.45) is -10.2. The van der Waals surface area contributed by atoms with Gasteiger partial charge in [0, 0.05) is 65.4 Å². The van der Waals surface area contributed by atoms with Crippen LogP contribution < -0.4 is 9.79 Å². The van der Waals surface area contributed by atoms with Crippen molar-refractivity contribution in [3.05, 3.63) is 13.2 Å². The van der Waals surface area contributed by atoms with Crippen molar-refractivity contribution >= 4 is 31.3 Å². The van der Waals surface area contributed by atoms with Crippen LogP contribution in [0.25, 0.3) is 0 Å². The average Bonchev–Trinajstić information content (AvgIpc) is 3.06. The topological polar surface area (TPSA) is 300 Å². The zero-order chi connectivity index (χ0) is 24.5. The predicted octanol–water partition coefficient (Wildman–Crippen LogP) is -3.28. The van der Waals surface area contributed by atoms with Gasteiger partial charge in [0.15, 0.2) is 6.29 Å². The van der Waals surface area contributed by atoms with Crippen molar-refractivity contribution in [2.45, 2.75) is 36.8 Å². The van der Waals surface area contributed by atoms with Crippen LogP contribution in [0.15, 0.2) is 0 Å². The van der Waals surface area contributed by atoms with E-state index in [2.05, 4.69) is 31.5 Å². The average molecular weight is 730 g/mol. The van der Waals surface area contributed by atoms with Crippen LogP contribution >= 0.6 is 31.3 Å². The Morgan fingerprint density at radius 1 is 0.765 bits per heavy atom. The number of hydrogen-bond acceptors (Lipinski definition) is 17. The largest absolute Gasteiger partial charge is 0.756 e. The van der Waals surface area contributed by atoms with Crippen molar-refractivity contribution in [1.29, 1.82) is 0 Å². The van der Waals surface area contributed by atoms with Gasteiger partial charge in [-0.2, -0.15) is 13.2 Å². The maximum absolute atomic E-state index is 11.7. The Morgan fingerprint density at radius 3 is 1.68 bits per heavy atom. The molecule has 0 spiro atoms. The number of aliphatic hydroxyl groups excluding tert-OH is 4. The second kappa shape index (κ2) is 14.2. The molecule has 0 amide bonds. The fraction of sp³-hybridized carbons (Fsp3) is 0.778. The summed E-state index contributed by atoms with van der Waals surface area (Å²) < 4.78 is 74.3. The van der Waals surface area contributed by atoms with Crippen molar-refractivity contribution < 1.29 is 155 Å². The molecule has 19 nitrogen and oxygen atoms in total. The SMILES string of the molecule is O=P([O-])(OP(=O)([O-])OP(=O)(O)O[C@H]1O[CH-]C(O)C1O)OP(=O)(O)OC[C@H]1O[CH-]C(O)[C@H]1O.[Y].[Y]. The third-order valence-corrected chi connectivity index (χ3v) is 9.15. The molecule has 6 N–H and O–H groups in total. The molecule has 2 fully saturated rings. The quantitative estimate of drug-likeness (QED) is 0.0897. The Morgan fingerprint density at radius 2 is 1.24 bits per heavy atom. The molecule has 25 heteroatoms. The summed E-state index contributed by atoms with van der Waals surface area (Å²) >= 11 is 0. The van der Waals surface area contributed by atoms with Crippen LogP contribution in [0.3, 0.4) is 0 Å². The van der Waals surface area contributed by atoms with Crippen molar-refractivity contribution in [3.8, 4) is 0 Å². The fourth-order valence-electron chi connectivity index (χ4n) is 2.01. The second-order valence-electron chi connectivity index (χ2n) is 5.89. The number of phosphoric ester groups is 2. The van der Waals surface area contributed by atoms with E-state index in [4.69, 9.17) is 5.11 Å². The van der Waals surface area contributed by atoms with Crippen LogP contribution in [0.4, 0.5) is 0 Å². The van der Waals surface area contributed by atoms with Crippen molar-refractivity contribution in [2.75, 3.05) is 6.61 Å². The summed E-state index contributed by atoms with van der Waals surface area (Å²) in [5, 5.41) is 37.1. The molecule has 2 heterocycles. The second-order valence-corrected chi connectivity index (χ2v) is 12.0. The number of aliphatic hydroxyl groups is 4. The third kappa shape index (κ3) is 11.7. The van der Waals surface area contributed by atoms with Gasteiger partial charge < -0.3 is 49.5 Å². The van der Waals surface area contributed by atoms with Crippen LogP contribution in [-0.2, 0) is 115 Å². The van der Waals surface area contributed by atoms with Crippen molar-refractivity contribution in [3.63, 3.8) is 0 Å². The molecule has 2 radical (unpaired) electrons. The number of phosphoric acid groups is 4. The maximum atomic E-state index is 11.7. The Hall–Kier alpha value is 2.53. The number of ether oxygens (including phenoxy) is 2. The van der Waals surface area contributed by atoms with E-state index in [9.17, 15) is 53.2 Å². The van der Waals surface area contributed by atoms with Gasteiger partial charge in [0.25, 0.3) is 15.6 Å². The van der Waals surface area contributed by atoms with Crippen molar-refractivity contribution in [2.24, 2.45) is 0 Å². The first-order chi connectivity index (χ1) is 14.4. The molecule has 0 bridgehead atoms. The summed E-state index contributed by atoms with van der Waals surface area (Å²) in [4.78, 5) is 41.8. The predicted molar refractivity (Wildman–Crippen MR) is 87.5 cm³/mol. The van der Waals surface area contributed by atoms with Crippen LogP contribution in [0, 0.1) is 13.2 Å². The molecular weight excluding hydrogens is 714 g/mol. The maximum Gasteiger partial charge on any atom is 0.481 e. The molecule has 196 valence electrons. The van der Waals surface area contributed by atoms with Gasteiger partial charge in [-0.1, -0.05) is 0 Å². The van der Waals surface area contributed by atoms with Gasteiger partial charge in [0.1, 0.15) is 6.10 Å². The molecule has 7 unspecified atom stereocenters. The molecular formula is C9H16O19P4Y2-4. The van der Waals surface area contributed by atoms with Crippen LogP contribution in [0.5, 0.6) is 0 Å². The summed E-state index contributed by atoms with van der Waals surface area (Å²) in [6.45, 7) is 0.299. The normalized spacial score (nSPS) is 36.2. The van der Waals surface area contributed by atoms with Gasteiger partial charge in [0.05, 0.1) is 18.8 Å². The minimum Gasteiger partial charge on any atom is -0.756 e. The molecule has 0 aromatic carbocycles. The van der Waals surface area contributed by atoms with Crippen LogP contribution in [0.2, 0.25) is 0 Å². The first kappa shape index (κ1) is 36.5. The monoisotopic (exact) mass is 730 g/mol. The van der Waals surface area contributed by atoms with E-state index >= 15 is 0 Å². The van der Waals surface area contributed by atoms with E-state index in [0.29, 0.717) is 6.61 Å².